The van der Waals surface area contributed by atoms with Crippen molar-refractivity contribution in [2.24, 2.45) is 5.92 Å². The van der Waals surface area contributed by atoms with Crippen LogP contribution in [0, 0.1) is 5.92 Å². The highest BCUT2D eigenvalue weighted by Crippen LogP contribution is 2.23. The highest BCUT2D eigenvalue weighted by molar-refractivity contribution is 5.84. The van der Waals surface area contributed by atoms with Crippen LogP contribution in [0.15, 0.2) is 42.5 Å². The van der Waals surface area contributed by atoms with Gasteiger partial charge in [-0.3, -0.25) is 9.59 Å². The topological polar surface area (TPSA) is 55.8 Å². The molecule has 1 fully saturated rings. The average Bonchev–Trinajstić information content (AvgIpc) is 2.67. The lowest BCUT2D eigenvalue weighted by Crippen LogP contribution is -2.45. The van der Waals surface area contributed by atoms with Gasteiger partial charge >= 0.3 is 5.97 Å². The van der Waals surface area contributed by atoms with Crippen molar-refractivity contribution < 1.29 is 19.1 Å². The molecule has 5 nitrogen and oxygen atoms in total. The molecule has 138 valence electrons. The van der Waals surface area contributed by atoms with Crippen LogP contribution in [-0.4, -0.2) is 42.6 Å². The summed E-state index contributed by atoms with van der Waals surface area (Å²) in [6.07, 6.45) is 0.732. The van der Waals surface area contributed by atoms with E-state index in [1.54, 1.807) is 11.8 Å². The summed E-state index contributed by atoms with van der Waals surface area (Å²) in [7, 11) is 0. The first-order chi connectivity index (χ1) is 12.6. The van der Waals surface area contributed by atoms with Gasteiger partial charge in [-0.25, -0.2) is 0 Å². The highest BCUT2D eigenvalue weighted by atomic mass is 16.5. The maximum atomic E-state index is 12.7. The number of carbonyl (C=O) groups excluding carboxylic acids is 2. The predicted octanol–water partition coefficient (Wildman–Crippen LogP) is 3.41. The number of rotatable bonds is 5. The number of esters is 1. The second kappa shape index (κ2) is 8.21. The van der Waals surface area contributed by atoms with Gasteiger partial charge in [0.05, 0.1) is 12.5 Å². The number of hydrogen-bond donors (Lipinski definition) is 0. The van der Waals surface area contributed by atoms with E-state index in [1.807, 2.05) is 49.4 Å². The molecule has 5 heteroatoms. The molecule has 1 amide bonds. The number of hydrogen-bond acceptors (Lipinski definition) is 4. The lowest BCUT2D eigenvalue weighted by Gasteiger charge is -2.32. The molecule has 1 saturated heterocycles. The number of likely N-dealkylation sites (tertiary alicyclic amines) is 1. The van der Waals surface area contributed by atoms with Crippen molar-refractivity contribution in [2.75, 3.05) is 19.7 Å². The summed E-state index contributed by atoms with van der Waals surface area (Å²) in [5, 5.41) is 2.22. The Labute approximate surface area is 153 Å². The molecule has 1 aliphatic rings. The molecule has 0 aliphatic carbocycles. The summed E-state index contributed by atoms with van der Waals surface area (Å²) in [5.74, 6) is 0.391. The molecule has 0 aromatic heterocycles. The van der Waals surface area contributed by atoms with E-state index in [2.05, 4.69) is 0 Å². The van der Waals surface area contributed by atoms with Crippen LogP contribution in [0.4, 0.5) is 0 Å². The van der Waals surface area contributed by atoms with Gasteiger partial charge < -0.3 is 14.4 Å². The maximum absolute atomic E-state index is 12.7. The zero-order valence-corrected chi connectivity index (χ0v) is 15.3. The van der Waals surface area contributed by atoms with Gasteiger partial charge in [0, 0.05) is 13.1 Å². The SMILES string of the molecule is CCOC(=O)C1CCN(C(=O)C(C)Oc2ccc3ccccc3c2)CC1. The van der Waals surface area contributed by atoms with Gasteiger partial charge in [-0.1, -0.05) is 30.3 Å². The molecular weight excluding hydrogens is 330 g/mol. The molecule has 0 N–H and O–H groups in total. The van der Waals surface area contributed by atoms with E-state index in [-0.39, 0.29) is 17.8 Å². The molecule has 2 aromatic carbocycles. The summed E-state index contributed by atoms with van der Waals surface area (Å²) in [6.45, 7) is 5.10. The van der Waals surface area contributed by atoms with E-state index in [9.17, 15) is 9.59 Å². The zero-order valence-electron chi connectivity index (χ0n) is 15.3. The van der Waals surface area contributed by atoms with Crippen molar-refractivity contribution >= 4 is 22.6 Å². The normalized spacial score (nSPS) is 16.3. The maximum Gasteiger partial charge on any atom is 0.309 e. The minimum Gasteiger partial charge on any atom is -0.481 e. The van der Waals surface area contributed by atoms with Crippen molar-refractivity contribution in [1.29, 1.82) is 0 Å². The van der Waals surface area contributed by atoms with E-state index in [1.165, 1.54) is 0 Å². The highest BCUT2D eigenvalue weighted by Gasteiger charge is 2.30. The second-order valence-electron chi connectivity index (χ2n) is 6.62. The number of fused-ring (bicyclic) bond motifs is 1. The molecule has 0 spiro atoms. The molecule has 3 rings (SSSR count). The van der Waals surface area contributed by atoms with Crippen molar-refractivity contribution in [3.05, 3.63) is 42.5 Å². The Hall–Kier alpha value is -2.56. The van der Waals surface area contributed by atoms with Crippen molar-refractivity contribution in [1.82, 2.24) is 4.90 Å². The van der Waals surface area contributed by atoms with Crippen LogP contribution in [0.3, 0.4) is 0 Å². The van der Waals surface area contributed by atoms with Crippen molar-refractivity contribution in [2.45, 2.75) is 32.8 Å². The molecule has 1 atom stereocenters. The molecular formula is C21H25NO4. The number of amides is 1. The Morgan fingerprint density at radius 2 is 1.81 bits per heavy atom. The summed E-state index contributed by atoms with van der Waals surface area (Å²) < 4.78 is 10.9. The van der Waals surface area contributed by atoms with Gasteiger partial charge in [0.2, 0.25) is 0 Å². The van der Waals surface area contributed by atoms with Gasteiger partial charge in [0.25, 0.3) is 5.91 Å². The molecule has 1 aliphatic heterocycles. The first kappa shape index (κ1) is 18.2. The van der Waals surface area contributed by atoms with E-state index in [0.29, 0.717) is 38.3 Å². The number of nitrogens with zero attached hydrogens (tertiary/aromatic N) is 1. The third-order valence-electron chi connectivity index (χ3n) is 4.81. The van der Waals surface area contributed by atoms with Crippen LogP contribution < -0.4 is 4.74 Å². The first-order valence-electron chi connectivity index (χ1n) is 9.19. The average molecular weight is 355 g/mol. The summed E-state index contributed by atoms with van der Waals surface area (Å²) in [4.78, 5) is 26.2. The van der Waals surface area contributed by atoms with Crippen LogP contribution in [0.25, 0.3) is 10.8 Å². The van der Waals surface area contributed by atoms with E-state index in [4.69, 9.17) is 9.47 Å². The molecule has 0 saturated carbocycles. The Morgan fingerprint density at radius 3 is 2.50 bits per heavy atom. The van der Waals surface area contributed by atoms with E-state index >= 15 is 0 Å². The number of ether oxygens (including phenoxy) is 2. The fourth-order valence-corrected chi connectivity index (χ4v) is 3.35. The Balaban J connectivity index is 1.57. The largest absolute Gasteiger partial charge is 0.481 e. The lowest BCUT2D eigenvalue weighted by molar-refractivity contribution is -0.152. The van der Waals surface area contributed by atoms with Crippen molar-refractivity contribution in [3.8, 4) is 5.75 Å². The van der Waals surface area contributed by atoms with Crippen LogP contribution in [0.1, 0.15) is 26.7 Å². The zero-order chi connectivity index (χ0) is 18.5. The molecule has 0 radical (unpaired) electrons. The third-order valence-corrected chi connectivity index (χ3v) is 4.81. The fraction of sp³-hybridized carbons (Fsp3) is 0.429. The monoisotopic (exact) mass is 355 g/mol. The van der Waals surface area contributed by atoms with Crippen LogP contribution in [0.5, 0.6) is 5.75 Å². The van der Waals surface area contributed by atoms with Gasteiger partial charge in [-0.15, -0.1) is 0 Å². The number of carbonyl (C=O) groups is 2. The molecule has 1 unspecified atom stereocenters. The standard InChI is InChI=1S/C21H25NO4/c1-3-25-21(24)17-10-12-22(13-11-17)20(23)15(2)26-19-9-8-16-6-4-5-7-18(16)14-19/h4-9,14-15,17H,3,10-13H2,1-2H3. The summed E-state index contributed by atoms with van der Waals surface area (Å²) in [5.41, 5.74) is 0. The Kier molecular flexibility index (Phi) is 5.76. The van der Waals surface area contributed by atoms with Crippen LogP contribution >= 0.6 is 0 Å². The van der Waals surface area contributed by atoms with Gasteiger partial charge in [-0.2, -0.15) is 0 Å². The van der Waals surface area contributed by atoms with Crippen LogP contribution in [0.2, 0.25) is 0 Å². The third kappa shape index (κ3) is 4.15. The molecule has 0 bridgehead atoms. The van der Waals surface area contributed by atoms with Gasteiger partial charge in [0.1, 0.15) is 5.75 Å². The minimum absolute atomic E-state index is 0.0412. The summed E-state index contributed by atoms with van der Waals surface area (Å²) >= 11 is 0. The van der Waals surface area contributed by atoms with E-state index in [0.717, 1.165) is 10.8 Å². The summed E-state index contributed by atoms with van der Waals surface area (Å²) in [6, 6.07) is 13.9. The minimum atomic E-state index is -0.560. The second-order valence-corrected chi connectivity index (χ2v) is 6.62. The quantitative estimate of drug-likeness (QED) is 0.771. The fourth-order valence-electron chi connectivity index (χ4n) is 3.35. The van der Waals surface area contributed by atoms with Crippen molar-refractivity contribution in [3.63, 3.8) is 0 Å². The Morgan fingerprint density at radius 1 is 1.12 bits per heavy atom. The molecule has 26 heavy (non-hydrogen) atoms. The van der Waals surface area contributed by atoms with Gasteiger partial charge in [-0.05, 0) is 49.6 Å². The number of piperidine rings is 1. The van der Waals surface area contributed by atoms with Crippen LogP contribution in [-0.2, 0) is 14.3 Å². The predicted molar refractivity (Wildman–Crippen MR) is 100.0 cm³/mol. The number of benzene rings is 2. The Bertz CT molecular complexity index is 780. The smallest absolute Gasteiger partial charge is 0.309 e. The van der Waals surface area contributed by atoms with Gasteiger partial charge in [0.15, 0.2) is 6.10 Å². The lowest BCUT2D eigenvalue weighted by atomic mass is 9.97. The van der Waals surface area contributed by atoms with E-state index < -0.39 is 6.10 Å². The first-order valence-corrected chi connectivity index (χ1v) is 9.19. The molecule has 2 aromatic rings. The molecule has 1 heterocycles.